The van der Waals surface area contributed by atoms with Crippen LogP contribution in [0.15, 0.2) is 23.8 Å². The minimum atomic E-state index is -0.470. The van der Waals surface area contributed by atoms with Gasteiger partial charge in [-0.1, -0.05) is 44.9 Å². The summed E-state index contributed by atoms with van der Waals surface area (Å²) in [6.07, 6.45) is 12.4. The molecule has 0 bridgehead atoms. The van der Waals surface area contributed by atoms with Crippen LogP contribution in [0.2, 0.25) is 0 Å². The molecule has 4 aliphatic rings. The Morgan fingerprint density at radius 3 is 2.50 bits per heavy atom. The number of hydrogen-bond donors (Lipinski definition) is 0. The second-order valence-electron chi connectivity index (χ2n) is 13.6. The number of rotatable bonds is 7. The second kappa shape index (κ2) is 9.95. The van der Waals surface area contributed by atoms with E-state index >= 15 is 0 Å². The first kappa shape index (κ1) is 27.5. The molecule has 0 saturated heterocycles. The van der Waals surface area contributed by atoms with Crippen molar-refractivity contribution in [2.75, 3.05) is 0 Å². The second-order valence-corrected chi connectivity index (χ2v) is 13.6. The average molecular weight is 499 g/mol. The summed E-state index contributed by atoms with van der Waals surface area (Å²) in [5, 5.41) is 0. The first-order valence-electron chi connectivity index (χ1n) is 14.6. The third kappa shape index (κ3) is 4.49. The molecule has 8 atom stereocenters. The highest BCUT2D eigenvalue weighted by Crippen LogP contribution is 2.66. The van der Waals surface area contributed by atoms with Gasteiger partial charge in [-0.15, -0.1) is 6.58 Å². The Balaban J connectivity index is 1.72. The van der Waals surface area contributed by atoms with Crippen molar-refractivity contribution in [3.05, 3.63) is 23.8 Å². The molecule has 0 heterocycles. The van der Waals surface area contributed by atoms with Crippen molar-refractivity contribution in [3.8, 4) is 0 Å². The maximum Gasteiger partial charge on any atom is 0.311 e. The fraction of sp³-hybridized carbons (Fsp3) is 0.812. The first-order chi connectivity index (χ1) is 16.9. The summed E-state index contributed by atoms with van der Waals surface area (Å²) in [7, 11) is 0. The fourth-order valence-corrected chi connectivity index (χ4v) is 8.70. The number of carbonyl (C=O) groups is 2. The molecule has 4 nitrogen and oxygen atoms in total. The van der Waals surface area contributed by atoms with E-state index in [1.165, 1.54) is 19.8 Å². The molecule has 0 aromatic carbocycles. The van der Waals surface area contributed by atoms with Crippen molar-refractivity contribution >= 4 is 11.9 Å². The average Bonchev–Trinajstić information content (AvgIpc) is 3.18. The van der Waals surface area contributed by atoms with Crippen LogP contribution in [0.3, 0.4) is 0 Å². The molecule has 3 fully saturated rings. The van der Waals surface area contributed by atoms with E-state index in [4.69, 9.17) is 9.47 Å². The van der Waals surface area contributed by atoms with Gasteiger partial charge < -0.3 is 9.47 Å². The lowest BCUT2D eigenvalue weighted by Crippen LogP contribution is -2.54. The van der Waals surface area contributed by atoms with Gasteiger partial charge in [-0.25, -0.2) is 0 Å². The Labute approximate surface area is 219 Å². The van der Waals surface area contributed by atoms with Crippen molar-refractivity contribution in [1.29, 1.82) is 0 Å². The molecule has 0 spiro atoms. The third-order valence-corrected chi connectivity index (χ3v) is 11.3. The van der Waals surface area contributed by atoms with Gasteiger partial charge >= 0.3 is 11.9 Å². The van der Waals surface area contributed by atoms with Crippen molar-refractivity contribution in [2.45, 2.75) is 125 Å². The maximum atomic E-state index is 13.5. The summed E-state index contributed by atoms with van der Waals surface area (Å²) in [4.78, 5) is 25.1. The molecule has 4 aliphatic carbocycles. The zero-order valence-corrected chi connectivity index (χ0v) is 24.0. The summed E-state index contributed by atoms with van der Waals surface area (Å²) in [6.45, 7) is 18.9. The molecule has 4 rings (SSSR count). The number of allylic oxidation sites excluding steroid dienone is 2. The van der Waals surface area contributed by atoms with Crippen LogP contribution in [-0.2, 0) is 19.1 Å². The van der Waals surface area contributed by atoms with E-state index in [9.17, 15) is 9.59 Å². The number of hydrogen-bond acceptors (Lipinski definition) is 4. The molecule has 0 N–H and O–H groups in total. The summed E-state index contributed by atoms with van der Waals surface area (Å²) < 4.78 is 12.3. The third-order valence-electron chi connectivity index (χ3n) is 11.3. The van der Waals surface area contributed by atoms with Crippen LogP contribution in [0.4, 0.5) is 0 Å². The SMILES string of the molecule is C=CC[C@@H](C)[C@H]1CCC2=C3CC[C@@H]4C[C@H](OC(C)=O)CC[C@]4(C)[C@H]3C[C@H](OC(=O)C(C)(C)CC)[C@@]21C. The quantitative estimate of drug-likeness (QED) is 0.265. The van der Waals surface area contributed by atoms with Crippen LogP contribution in [0.25, 0.3) is 0 Å². The van der Waals surface area contributed by atoms with Crippen LogP contribution in [-0.4, -0.2) is 24.1 Å². The molecule has 4 heteroatoms. The highest BCUT2D eigenvalue weighted by molar-refractivity contribution is 5.76. The molecule has 0 amide bonds. The smallest absolute Gasteiger partial charge is 0.311 e. The van der Waals surface area contributed by atoms with Crippen LogP contribution < -0.4 is 0 Å². The van der Waals surface area contributed by atoms with Gasteiger partial charge in [0.2, 0.25) is 0 Å². The zero-order chi connectivity index (χ0) is 26.5. The van der Waals surface area contributed by atoms with Gasteiger partial charge in [0.25, 0.3) is 0 Å². The molecule has 0 aromatic rings. The van der Waals surface area contributed by atoms with E-state index < -0.39 is 5.41 Å². The normalized spacial score (nSPS) is 38.9. The van der Waals surface area contributed by atoms with Gasteiger partial charge in [0.05, 0.1) is 5.41 Å². The molecule has 36 heavy (non-hydrogen) atoms. The molecule has 3 saturated carbocycles. The van der Waals surface area contributed by atoms with E-state index in [0.29, 0.717) is 23.7 Å². The number of carbonyl (C=O) groups excluding carboxylic acids is 2. The summed E-state index contributed by atoms with van der Waals surface area (Å²) in [5.41, 5.74) is 2.92. The van der Waals surface area contributed by atoms with E-state index in [2.05, 4.69) is 40.3 Å². The Kier molecular flexibility index (Phi) is 7.59. The van der Waals surface area contributed by atoms with Crippen LogP contribution >= 0.6 is 0 Å². The van der Waals surface area contributed by atoms with Gasteiger partial charge in [0.1, 0.15) is 12.2 Å². The number of esters is 2. The Bertz CT molecular complexity index is 915. The largest absolute Gasteiger partial charge is 0.463 e. The monoisotopic (exact) mass is 498 g/mol. The van der Waals surface area contributed by atoms with Crippen molar-refractivity contribution in [3.63, 3.8) is 0 Å². The predicted octanol–water partition coefficient (Wildman–Crippen LogP) is 7.81. The van der Waals surface area contributed by atoms with Gasteiger partial charge in [0, 0.05) is 12.3 Å². The standard InChI is InChI=1S/C32H50O4/c1-9-11-20(3)25-14-15-26-24-13-12-22-18-23(35-21(4)33)16-17-31(22,7)27(24)19-28(32(25,26)8)36-29(34)30(5,6)10-2/h9,20,22-23,25,27-28H,1,10-19H2,2-8H3/t20-,22-,23-,25-,27+,28+,31+,32-/m1/s1. The molecular weight excluding hydrogens is 448 g/mol. The van der Waals surface area contributed by atoms with Crippen LogP contribution in [0.5, 0.6) is 0 Å². The first-order valence-corrected chi connectivity index (χ1v) is 14.6. The predicted molar refractivity (Wildman–Crippen MR) is 144 cm³/mol. The summed E-state index contributed by atoms with van der Waals surface area (Å²) in [6, 6.07) is 0. The van der Waals surface area contributed by atoms with E-state index in [0.717, 1.165) is 51.4 Å². The highest BCUT2D eigenvalue weighted by atomic mass is 16.5. The van der Waals surface area contributed by atoms with E-state index in [1.807, 2.05) is 13.8 Å². The Hall–Kier alpha value is -1.58. The Morgan fingerprint density at radius 2 is 1.86 bits per heavy atom. The topological polar surface area (TPSA) is 52.6 Å². The number of fused-ring (bicyclic) bond motifs is 4. The summed E-state index contributed by atoms with van der Waals surface area (Å²) >= 11 is 0. The lowest BCUT2D eigenvalue weighted by Gasteiger charge is -2.58. The fourth-order valence-electron chi connectivity index (χ4n) is 8.70. The Morgan fingerprint density at radius 1 is 1.14 bits per heavy atom. The lowest BCUT2D eigenvalue weighted by molar-refractivity contribution is -0.172. The van der Waals surface area contributed by atoms with Crippen molar-refractivity contribution < 1.29 is 19.1 Å². The van der Waals surface area contributed by atoms with E-state index in [-0.39, 0.29) is 35.0 Å². The molecule has 202 valence electrons. The van der Waals surface area contributed by atoms with E-state index in [1.54, 1.807) is 11.1 Å². The van der Waals surface area contributed by atoms with Crippen molar-refractivity contribution in [2.24, 2.45) is 39.9 Å². The highest BCUT2D eigenvalue weighted by Gasteiger charge is 2.60. The summed E-state index contributed by atoms with van der Waals surface area (Å²) in [5.74, 6) is 1.83. The number of ether oxygens (including phenoxy) is 2. The van der Waals surface area contributed by atoms with Gasteiger partial charge in [-0.05, 0) is 107 Å². The minimum Gasteiger partial charge on any atom is -0.463 e. The maximum absolute atomic E-state index is 13.5. The minimum absolute atomic E-state index is 0.0443. The van der Waals surface area contributed by atoms with Gasteiger partial charge in [0.15, 0.2) is 0 Å². The zero-order valence-electron chi connectivity index (χ0n) is 24.0. The van der Waals surface area contributed by atoms with Gasteiger partial charge in [-0.3, -0.25) is 9.59 Å². The molecule has 0 unspecified atom stereocenters. The molecule has 0 aromatic heterocycles. The lowest BCUT2D eigenvalue weighted by atomic mass is 9.48. The van der Waals surface area contributed by atoms with Crippen LogP contribution in [0, 0.1) is 39.9 Å². The molecular formula is C32H50O4. The van der Waals surface area contributed by atoms with Crippen LogP contribution in [0.1, 0.15) is 113 Å². The van der Waals surface area contributed by atoms with Gasteiger partial charge in [-0.2, -0.15) is 0 Å². The molecule has 0 aliphatic heterocycles. The molecule has 0 radical (unpaired) electrons. The van der Waals surface area contributed by atoms with Crippen molar-refractivity contribution in [1.82, 2.24) is 0 Å².